The molecule has 0 unspecified atom stereocenters. The highest BCUT2D eigenvalue weighted by Crippen LogP contribution is 2.28. The van der Waals surface area contributed by atoms with Crippen LogP contribution in [0.25, 0.3) is 11.0 Å². The van der Waals surface area contributed by atoms with Gasteiger partial charge in [0.2, 0.25) is 11.8 Å². The van der Waals surface area contributed by atoms with E-state index in [1.54, 1.807) is 55.6 Å². The molecule has 0 aliphatic carbocycles. The number of amides is 2. The molecule has 0 fully saturated rings. The predicted octanol–water partition coefficient (Wildman–Crippen LogP) is 4.65. The van der Waals surface area contributed by atoms with Crippen LogP contribution < -0.4 is 10.1 Å². The molecule has 0 saturated heterocycles. The summed E-state index contributed by atoms with van der Waals surface area (Å²) in [4.78, 5) is 29.2. The van der Waals surface area contributed by atoms with Crippen molar-refractivity contribution in [1.29, 1.82) is 0 Å². The maximum atomic E-state index is 14.8. The maximum Gasteiger partial charge on any atom is 0.247 e. The van der Waals surface area contributed by atoms with Crippen LogP contribution in [-0.4, -0.2) is 44.4 Å². The minimum atomic E-state index is -1.03. The lowest BCUT2D eigenvalue weighted by Crippen LogP contribution is -2.50. The average molecular weight is 518 g/mol. The number of hydrogen-bond donors (Lipinski definition) is 1. The molecule has 0 spiro atoms. The Hall–Kier alpha value is -4.27. The van der Waals surface area contributed by atoms with Gasteiger partial charge in [-0.1, -0.05) is 54.6 Å². The summed E-state index contributed by atoms with van der Waals surface area (Å²) in [5, 5.41) is 11.3. The van der Waals surface area contributed by atoms with Gasteiger partial charge in [-0.3, -0.25) is 9.59 Å². The van der Waals surface area contributed by atoms with E-state index in [4.69, 9.17) is 4.74 Å². The number of carbonyl (C=O) groups is 2. The minimum Gasteiger partial charge on any atom is -0.497 e. The van der Waals surface area contributed by atoms with Crippen molar-refractivity contribution in [2.75, 3.05) is 7.11 Å². The van der Waals surface area contributed by atoms with Crippen molar-refractivity contribution in [3.05, 3.63) is 89.7 Å². The molecular formula is C29H32FN5O3. The highest BCUT2D eigenvalue weighted by Gasteiger charge is 2.34. The van der Waals surface area contributed by atoms with Crippen LogP contribution in [0.5, 0.6) is 5.75 Å². The van der Waals surface area contributed by atoms with E-state index in [0.29, 0.717) is 34.3 Å². The summed E-state index contributed by atoms with van der Waals surface area (Å²) in [6.07, 6.45) is 0.681. The summed E-state index contributed by atoms with van der Waals surface area (Å²) in [5.41, 5.74) is 1.68. The second-order valence-corrected chi connectivity index (χ2v) is 9.75. The smallest absolute Gasteiger partial charge is 0.247 e. The standard InChI is InChI=1S/C29H32FN5O3/c1-5-29(2,3)31-28(37)27(20-14-16-22(38-4)17-15-20)34(18-21-10-6-7-11-23(21)30)26(36)19-35-25-13-9-8-12-24(25)32-33-35/h6-17,27H,5,18-19H2,1-4H3,(H,31,37)/t27-/m0/s1. The molecule has 2 amide bonds. The third kappa shape index (κ3) is 5.99. The third-order valence-corrected chi connectivity index (χ3v) is 6.66. The van der Waals surface area contributed by atoms with Crippen LogP contribution in [0.15, 0.2) is 72.8 Å². The van der Waals surface area contributed by atoms with E-state index in [1.807, 2.05) is 39.0 Å². The molecule has 1 aromatic heterocycles. The van der Waals surface area contributed by atoms with Gasteiger partial charge in [0.1, 0.15) is 29.7 Å². The Morgan fingerprint density at radius 1 is 1.05 bits per heavy atom. The molecule has 9 heteroatoms. The van der Waals surface area contributed by atoms with E-state index in [2.05, 4.69) is 15.6 Å². The molecule has 0 aliphatic heterocycles. The summed E-state index contributed by atoms with van der Waals surface area (Å²) in [7, 11) is 1.55. The fourth-order valence-corrected chi connectivity index (χ4v) is 4.14. The van der Waals surface area contributed by atoms with Gasteiger partial charge < -0.3 is 15.0 Å². The van der Waals surface area contributed by atoms with E-state index in [0.717, 1.165) is 0 Å². The van der Waals surface area contributed by atoms with Crippen molar-refractivity contribution in [3.8, 4) is 5.75 Å². The van der Waals surface area contributed by atoms with Crippen molar-refractivity contribution in [2.45, 2.75) is 51.9 Å². The predicted molar refractivity (Wildman–Crippen MR) is 143 cm³/mol. The number of rotatable bonds is 10. The number of methoxy groups -OCH3 is 1. The molecule has 0 aliphatic rings. The zero-order valence-electron chi connectivity index (χ0n) is 22.0. The van der Waals surface area contributed by atoms with Gasteiger partial charge in [0.25, 0.3) is 0 Å². The number of halogens is 1. The number of nitrogens with one attached hydrogen (secondary N) is 1. The van der Waals surface area contributed by atoms with E-state index in [1.165, 1.54) is 15.6 Å². The minimum absolute atomic E-state index is 0.116. The number of benzene rings is 3. The van der Waals surface area contributed by atoms with Crippen LogP contribution in [0, 0.1) is 5.82 Å². The van der Waals surface area contributed by atoms with E-state index >= 15 is 0 Å². The molecule has 0 bridgehead atoms. The molecule has 0 radical (unpaired) electrons. The van der Waals surface area contributed by atoms with Crippen molar-refractivity contribution >= 4 is 22.8 Å². The monoisotopic (exact) mass is 517 g/mol. The van der Waals surface area contributed by atoms with Gasteiger partial charge in [-0.15, -0.1) is 5.10 Å². The molecule has 3 aromatic carbocycles. The number of para-hydroxylation sites is 1. The van der Waals surface area contributed by atoms with Crippen LogP contribution in [0.4, 0.5) is 4.39 Å². The SMILES string of the molecule is CCC(C)(C)NC(=O)[C@H](c1ccc(OC)cc1)N(Cc1ccccc1F)C(=O)Cn1nnc2ccccc21. The molecule has 1 atom stereocenters. The average Bonchev–Trinajstić information content (AvgIpc) is 3.32. The van der Waals surface area contributed by atoms with Crippen LogP contribution in [0.2, 0.25) is 0 Å². The zero-order valence-corrected chi connectivity index (χ0v) is 22.0. The Kier molecular flexibility index (Phi) is 8.05. The van der Waals surface area contributed by atoms with Crippen LogP contribution >= 0.6 is 0 Å². The lowest BCUT2D eigenvalue weighted by atomic mass is 9.98. The lowest BCUT2D eigenvalue weighted by molar-refractivity contribution is -0.143. The lowest BCUT2D eigenvalue weighted by Gasteiger charge is -2.34. The third-order valence-electron chi connectivity index (χ3n) is 6.66. The summed E-state index contributed by atoms with van der Waals surface area (Å²) in [5.74, 6) is -0.619. The highest BCUT2D eigenvalue weighted by atomic mass is 19.1. The molecule has 0 saturated carbocycles. The van der Waals surface area contributed by atoms with E-state index < -0.39 is 23.3 Å². The molecule has 1 heterocycles. The molecule has 198 valence electrons. The van der Waals surface area contributed by atoms with Gasteiger partial charge in [-0.2, -0.15) is 0 Å². The number of aromatic nitrogens is 3. The summed E-state index contributed by atoms with van der Waals surface area (Å²) >= 11 is 0. The molecule has 8 nitrogen and oxygen atoms in total. The largest absolute Gasteiger partial charge is 0.497 e. The van der Waals surface area contributed by atoms with Crippen LogP contribution in [-0.2, 0) is 22.7 Å². The van der Waals surface area contributed by atoms with Crippen LogP contribution in [0.1, 0.15) is 44.4 Å². The van der Waals surface area contributed by atoms with Crippen molar-refractivity contribution in [2.24, 2.45) is 0 Å². The number of hydrogen-bond acceptors (Lipinski definition) is 5. The Balaban J connectivity index is 1.78. The normalized spacial score (nSPS) is 12.2. The van der Waals surface area contributed by atoms with Crippen molar-refractivity contribution < 1.29 is 18.7 Å². The fraction of sp³-hybridized carbons (Fsp3) is 0.310. The fourth-order valence-electron chi connectivity index (χ4n) is 4.14. The molecule has 4 rings (SSSR count). The Morgan fingerprint density at radius 3 is 2.42 bits per heavy atom. The highest BCUT2D eigenvalue weighted by molar-refractivity contribution is 5.89. The maximum absolute atomic E-state index is 14.8. The second-order valence-electron chi connectivity index (χ2n) is 9.75. The first kappa shape index (κ1) is 26.8. The Morgan fingerprint density at radius 2 is 1.74 bits per heavy atom. The van der Waals surface area contributed by atoms with Gasteiger partial charge in [0.05, 0.1) is 12.6 Å². The second kappa shape index (κ2) is 11.4. The van der Waals surface area contributed by atoms with Gasteiger partial charge in [-0.25, -0.2) is 9.07 Å². The first-order valence-electron chi connectivity index (χ1n) is 12.5. The molecule has 38 heavy (non-hydrogen) atoms. The van der Waals surface area contributed by atoms with Crippen molar-refractivity contribution in [1.82, 2.24) is 25.2 Å². The quantitative estimate of drug-likeness (QED) is 0.331. The summed E-state index contributed by atoms with van der Waals surface area (Å²) in [6, 6.07) is 19.5. The number of fused-ring (bicyclic) bond motifs is 1. The Bertz CT molecular complexity index is 1420. The molecule has 4 aromatic rings. The zero-order chi connectivity index (χ0) is 27.3. The first-order valence-corrected chi connectivity index (χ1v) is 12.5. The van der Waals surface area contributed by atoms with Crippen LogP contribution in [0.3, 0.4) is 0 Å². The number of carbonyl (C=O) groups excluding carboxylic acids is 2. The molecular weight excluding hydrogens is 485 g/mol. The topological polar surface area (TPSA) is 89.4 Å². The van der Waals surface area contributed by atoms with Gasteiger partial charge in [0, 0.05) is 17.6 Å². The van der Waals surface area contributed by atoms with Gasteiger partial charge in [0.15, 0.2) is 0 Å². The van der Waals surface area contributed by atoms with Gasteiger partial charge in [-0.05, 0) is 56.2 Å². The number of ether oxygens (including phenoxy) is 1. The Labute approximate surface area is 221 Å². The number of nitrogens with zero attached hydrogens (tertiary/aromatic N) is 4. The van der Waals surface area contributed by atoms with Gasteiger partial charge >= 0.3 is 0 Å². The van der Waals surface area contributed by atoms with E-state index in [9.17, 15) is 14.0 Å². The summed E-state index contributed by atoms with van der Waals surface area (Å²) < 4.78 is 21.6. The van der Waals surface area contributed by atoms with E-state index in [-0.39, 0.29) is 19.0 Å². The first-order chi connectivity index (χ1) is 18.2. The summed E-state index contributed by atoms with van der Waals surface area (Å²) in [6.45, 7) is 5.52. The molecule has 1 N–H and O–H groups in total. The van der Waals surface area contributed by atoms with Crippen molar-refractivity contribution in [3.63, 3.8) is 0 Å².